The molecule has 0 spiro atoms. The van der Waals surface area contributed by atoms with Gasteiger partial charge in [-0.15, -0.1) is 0 Å². The van der Waals surface area contributed by atoms with Gasteiger partial charge in [0, 0.05) is 11.9 Å². The van der Waals surface area contributed by atoms with Gasteiger partial charge in [-0.05, 0) is 43.4 Å². The molecule has 1 fully saturated rings. The smallest absolute Gasteiger partial charge is 0.0779 e. The Bertz CT molecular complexity index is 211. The number of rotatable bonds is 5. The number of halogens is 1. The summed E-state index contributed by atoms with van der Waals surface area (Å²) in [5.41, 5.74) is 0.596. The lowest BCUT2D eigenvalue weighted by Gasteiger charge is -2.43. The lowest BCUT2D eigenvalue weighted by Crippen LogP contribution is -2.41. The molecule has 1 aliphatic rings. The number of hydrogen-bond acceptors (Lipinski definition) is 1. The predicted octanol–water partition coefficient (Wildman–Crippen LogP) is 5.17. The number of ether oxygens (including phenoxy) is 1. The van der Waals surface area contributed by atoms with E-state index >= 15 is 0 Å². The monoisotopic (exact) mass is 304 g/mol. The first-order valence-corrected chi connectivity index (χ1v) is 8.25. The zero-order valence-corrected chi connectivity index (χ0v) is 13.6. The molecule has 1 rings (SSSR count). The molecule has 0 aromatic heterocycles. The molecule has 17 heavy (non-hydrogen) atoms. The first-order chi connectivity index (χ1) is 7.93. The molecule has 0 radical (unpaired) electrons. The van der Waals surface area contributed by atoms with E-state index < -0.39 is 0 Å². The Kier molecular flexibility index (Phi) is 5.98. The van der Waals surface area contributed by atoms with E-state index in [0.717, 1.165) is 17.9 Å². The van der Waals surface area contributed by atoms with Crippen LogP contribution in [0.2, 0.25) is 0 Å². The minimum Gasteiger partial charge on any atom is -0.374 e. The van der Waals surface area contributed by atoms with Crippen LogP contribution in [0.1, 0.15) is 66.2 Å². The molecule has 0 N–H and O–H groups in total. The van der Waals surface area contributed by atoms with E-state index in [4.69, 9.17) is 4.74 Å². The Morgan fingerprint density at radius 3 is 2.24 bits per heavy atom. The zero-order chi connectivity index (χ0) is 12.9. The minimum absolute atomic E-state index is 0.136. The normalized spacial score (nSPS) is 30.5. The van der Waals surface area contributed by atoms with Crippen molar-refractivity contribution in [3.8, 4) is 0 Å². The Morgan fingerprint density at radius 1 is 1.24 bits per heavy atom. The lowest BCUT2D eigenvalue weighted by atomic mass is 9.69. The molecule has 0 bridgehead atoms. The number of hydrogen-bond donors (Lipinski definition) is 0. The van der Waals surface area contributed by atoms with Crippen molar-refractivity contribution < 1.29 is 4.74 Å². The predicted molar refractivity (Wildman–Crippen MR) is 78.8 cm³/mol. The first-order valence-electron chi connectivity index (χ1n) is 7.13. The molecule has 0 aromatic carbocycles. The molecule has 2 heteroatoms. The minimum atomic E-state index is 0.136. The molecule has 0 heterocycles. The van der Waals surface area contributed by atoms with Crippen LogP contribution in [0.4, 0.5) is 0 Å². The van der Waals surface area contributed by atoms with Gasteiger partial charge in [0.05, 0.1) is 5.60 Å². The molecule has 0 atom stereocenters. The summed E-state index contributed by atoms with van der Waals surface area (Å²) < 4.78 is 6.17. The maximum Gasteiger partial charge on any atom is 0.0779 e. The summed E-state index contributed by atoms with van der Waals surface area (Å²) in [7, 11) is 0. The van der Waals surface area contributed by atoms with Gasteiger partial charge in [0.15, 0.2) is 0 Å². The van der Waals surface area contributed by atoms with Gasteiger partial charge < -0.3 is 4.74 Å². The molecule has 0 aliphatic heterocycles. The molecule has 0 unspecified atom stereocenters. The summed E-state index contributed by atoms with van der Waals surface area (Å²) >= 11 is 3.67. The van der Waals surface area contributed by atoms with Gasteiger partial charge in [-0.25, -0.2) is 0 Å². The Morgan fingerprint density at radius 2 is 1.82 bits per heavy atom. The van der Waals surface area contributed by atoms with Crippen LogP contribution in [-0.4, -0.2) is 17.5 Å². The van der Waals surface area contributed by atoms with E-state index in [0.29, 0.717) is 5.41 Å². The van der Waals surface area contributed by atoms with E-state index in [1.807, 2.05) is 0 Å². The van der Waals surface area contributed by atoms with Gasteiger partial charge in [-0.1, -0.05) is 50.0 Å². The molecule has 1 nitrogen and oxygen atoms in total. The molecule has 1 aliphatic carbocycles. The highest BCUT2D eigenvalue weighted by molar-refractivity contribution is 9.09. The quantitative estimate of drug-likeness (QED) is 0.503. The van der Waals surface area contributed by atoms with E-state index in [-0.39, 0.29) is 5.60 Å². The van der Waals surface area contributed by atoms with Crippen molar-refractivity contribution in [3.63, 3.8) is 0 Å². The molecular formula is C15H29BrO. The molecule has 0 amide bonds. The van der Waals surface area contributed by atoms with Crippen molar-refractivity contribution in [2.45, 2.75) is 71.8 Å². The zero-order valence-electron chi connectivity index (χ0n) is 12.0. The van der Waals surface area contributed by atoms with Crippen LogP contribution in [0.15, 0.2) is 0 Å². The molecule has 102 valence electrons. The van der Waals surface area contributed by atoms with Crippen LogP contribution >= 0.6 is 15.9 Å². The highest BCUT2D eigenvalue weighted by Gasteiger charge is 2.38. The molecular weight excluding hydrogens is 276 g/mol. The SMILES string of the molecule is CCCCOC1(CBr)CCC(C(C)(C)C)CC1. The van der Waals surface area contributed by atoms with Crippen molar-refractivity contribution >= 4 is 15.9 Å². The van der Waals surface area contributed by atoms with Crippen LogP contribution in [0.3, 0.4) is 0 Å². The fourth-order valence-electron chi connectivity index (χ4n) is 2.76. The second kappa shape index (κ2) is 6.56. The van der Waals surface area contributed by atoms with E-state index in [1.54, 1.807) is 0 Å². The van der Waals surface area contributed by atoms with Crippen molar-refractivity contribution in [2.24, 2.45) is 11.3 Å². The second-order valence-electron chi connectivity index (χ2n) is 6.66. The third-order valence-corrected chi connectivity index (χ3v) is 5.29. The number of unbranched alkanes of at least 4 members (excludes halogenated alkanes) is 1. The number of alkyl halides is 1. The Balaban J connectivity index is 2.45. The maximum absolute atomic E-state index is 6.17. The summed E-state index contributed by atoms with van der Waals surface area (Å²) in [6.07, 6.45) is 7.51. The van der Waals surface area contributed by atoms with Crippen molar-refractivity contribution in [1.82, 2.24) is 0 Å². The van der Waals surface area contributed by atoms with Crippen LogP contribution in [0, 0.1) is 11.3 Å². The van der Waals surface area contributed by atoms with Crippen LogP contribution < -0.4 is 0 Å². The summed E-state index contributed by atoms with van der Waals surface area (Å²) in [5.74, 6) is 0.865. The van der Waals surface area contributed by atoms with Crippen LogP contribution in [0.5, 0.6) is 0 Å². The summed E-state index contributed by atoms with van der Waals surface area (Å²) in [6, 6.07) is 0. The highest BCUT2D eigenvalue weighted by atomic mass is 79.9. The van der Waals surface area contributed by atoms with Gasteiger partial charge in [0.2, 0.25) is 0 Å². The summed E-state index contributed by atoms with van der Waals surface area (Å²) in [5, 5.41) is 1.00. The van der Waals surface area contributed by atoms with Crippen LogP contribution in [0.25, 0.3) is 0 Å². The van der Waals surface area contributed by atoms with E-state index in [9.17, 15) is 0 Å². The lowest BCUT2D eigenvalue weighted by molar-refractivity contribution is -0.0697. The first kappa shape index (κ1) is 15.5. The van der Waals surface area contributed by atoms with Gasteiger partial charge >= 0.3 is 0 Å². The molecule has 0 aromatic rings. The van der Waals surface area contributed by atoms with Crippen molar-refractivity contribution in [1.29, 1.82) is 0 Å². The molecule has 0 saturated heterocycles. The third-order valence-electron chi connectivity index (χ3n) is 4.27. The van der Waals surface area contributed by atoms with E-state index in [2.05, 4.69) is 43.6 Å². The van der Waals surface area contributed by atoms with Gasteiger partial charge in [0.25, 0.3) is 0 Å². The summed E-state index contributed by atoms with van der Waals surface area (Å²) in [4.78, 5) is 0. The van der Waals surface area contributed by atoms with E-state index in [1.165, 1.54) is 38.5 Å². The van der Waals surface area contributed by atoms with Gasteiger partial charge in [-0.3, -0.25) is 0 Å². The summed E-state index contributed by atoms with van der Waals surface area (Å²) in [6.45, 7) is 10.3. The third kappa shape index (κ3) is 4.55. The standard InChI is InChI=1S/C15H29BrO/c1-5-6-11-17-15(12-16)9-7-13(8-10-15)14(2,3)4/h13H,5-12H2,1-4H3. The largest absolute Gasteiger partial charge is 0.374 e. The van der Waals surface area contributed by atoms with Crippen LogP contribution in [-0.2, 0) is 4.74 Å². The topological polar surface area (TPSA) is 9.23 Å². The maximum atomic E-state index is 6.17. The average Bonchev–Trinajstić information content (AvgIpc) is 2.29. The van der Waals surface area contributed by atoms with Gasteiger partial charge in [-0.2, -0.15) is 0 Å². The molecule has 1 saturated carbocycles. The van der Waals surface area contributed by atoms with Gasteiger partial charge in [0.1, 0.15) is 0 Å². The fourth-order valence-corrected chi connectivity index (χ4v) is 3.48. The Hall–Kier alpha value is 0.440. The fraction of sp³-hybridized carbons (Fsp3) is 1.00. The second-order valence-corrected chi connectivity index (χ2v) is 7.22. The van der Waals surface area contributed by atoms with Crippen molar-refractivity contribution in [3.05, 3.63) is 0 Å². The average molecular weight is 305 g/mol. The Labute approximate surface area is 116 Å². The highest BCUT2D eigenvalue weighted by Crippen LogP contribution is 2.43. The van der Waals surface area contributed by atoms with Crippen molar-refractivity contribution in [2.75, 3.05) is 11.9 Å².